The van der Waals surface area contributed by atoms with Crippen LogP contribution in [0.25, 0.3) is 0 Å². The highest BCUT2D eigenvalue weighted by Crippen LogP contribution is 2.46. The molecule has 2 fully saturated rings. The summed E-state index contributed by atoms with van der Waals surface area (Å²) in [6.07, 6.45) is 5.96. The Kier molecular flexibility index (Phi) is 2.87. The van der Waals surface area contributed by atoms with Crippen LogP contribution in [0.2, 0.25) is 0 Å². The predicted octanol–water partition coefficient (Wildman–Crippen LogP) is 3.44. The van der Waals surface area contributed by atoms with Gasteiger partial charge in [-0.3, -0.25) is 0 Å². The van der Waals surface area contributed by atoms with Crippen LogP contribution in [-0.4, -0.2) is 29.7 Å². The highest BCUT2D eigenvalue weighted by atomic mass is 15.4. The molecule has 1 nitrogen and oxygen atoms in total. The maximum Gasteiger partial charge on any atom is 0.0897 e. The predicted molar refractivity (Wildman–Crippen MR) is 65.7 cm³/mol. The molecule has 0 saturated carbocycles. The van der Waals surface area contributed by atoms with Crippen LogP contribution in [-0.2, 0) is 0 Å². The number of piperidine rings is 1. The number of hydrogen-bond donors (Lipinski definition) is 0. The second kappa shape index (κ2) is 3.76. The van der Waals surface area contributed by atoms with Gasteiger partial charge in [-0.25, -0.2) is 0 Å². The molecule has 2 aliphatic heterocycles. The summed E-state index contributed by atoms with van der Waals surface area (Å²) in [5, 5.41) is 0. The summed E-state index contributed by atoms with van der Waals surface area (Å²) >= 11 is 0. The highest BCUT2D eigenvalue weighted by molar-refractivity contribution is 4.87. The lowest BCUT2D eigenvalue weighted by atomic mass is 9.81. The van der Waals surface area contributed by atoms with Crippen molar-refractivity contribution in [2.24, 2.45) is 11.8 Å². The van der Waals surface area contributed by atoms with Gasteiger partial charge in [0, 0.05) is 25.7 Å². The number of nitrogens with zero attached hydrogens (tertiary/aromatic N) is 1. The Hall–Kier alpha value is -0.0400. The van der Waals surface area contributed by atoms with E-state index < -0.39 is 0 Å². The molecule has 0 radical (unpaired) electrons. The van der Waals surface area contributed by atoms with Crippen LogP contribution in [0.15, 0.2) is 0 Å². The molecule has 2 atom stereocenters. The molecule has 0 aromatic carbocycles. The standard InChI is InChI=1S/C14H28N/c1-10(2)12-8-13-6-7-14(9-12)15(13,5)11(3)4/h10-14H,6-9H2,1-5H3/q+1. The zero-order valence-corrected chi connectivity index (χ0v) is 11.2. The zero-order valence-electron chi connectivity index (χ0n) is 11.2. The third-order valence-corrected chi connectivity index (χ3v) is 5.61. The fraction of sp³-hybridized carbons (Fsp3) is 1.00. The average Bonchev–Trinajstić information content (AvgIpc) is 2.39. The fourth-order valence-corrected chi connectivity index (χ4v) is 4.11. The molecular formula is C14H28N+. The Balaban J connectivity index is 2.16. The first kappa shape index (κ1) is 11.4. The van der Waals surface area contributed by atoms with E-state index in [1.54, 1.807) is 0 Å². The molecule has 0 amide bonds. The summed E-state index contributed by atoms with van der Waals surface area (Å²) in [4.78, 5) is 0. The molecule has 88 valence electrons. The molecular weight excluding hydrogens is 182 g/mol. The molecule has 2 bridgehead atoms. The third-order valence-electron chi connectivity index (χ3n) is 5.61. The van der Waals surface area contributed by atoms with E-state index >= 15 is 0 Å². The Morgan fingerprint density at radius 1 is 0.933 bits per heavy atom. The Bertz CT molecular complexity index is 217. The molecule has 0 spiro atoms. The Labute approximate surface area is 95.4 Å². The van der Waals surface area contributed by atoms with Gasteiger partial charge in [0.25, 0.3) is 0 Å². The van der Waals surface area contributed by atoms with Crippen molar-refractivity contribution in [1.82, 2.24) is 0 Å². The molecule has 0 aromatic rings. The molecule has 2 saturated heterocycles. The molecule has 2 heterocycles. The van der Waals surface area contributed by atoms with Crippen LogP contribution in [0, 0.1) is 11.8 Å². The minimum atomic E-state index is 0.815. The van der Waals surface area contributed by atoms with Crippen LogP contribution >= 0.6 is 0 Å². The molecule has 0 aliphatic carbocycles. The van der Waals surface area contributed by atoms with Crippen LogP contribution in [0.1, 0.15) is 53.4 Å². The quantitative estimate of drug-likeness (QED) is 0.613. The summed E-state index contributed by atoms with van der Waals surface area (Å²) in [6, 6.07) is 2.75. The normalized spacial score (nSPS) is 45.4. The van der Waals surface area contributed by atoms with Gasteiger partial charge in [0.2, 0.25) is 0 Å². The van der Waals surface area contributed by atoms with E-state index in [4.69, 9.17) is 0 Å². The monoisotopic (exact) mass is 210 g/mol. The van der Waals surface area contributed by atoms with Gasteiger partial charge in [-0.1, -0.05) is 13.8 Å². The van der Waals surface area contributed by atoms with Crippen molar-refractivity contribution in [3.05, 3.63) is 0 Å². The molecule has 15 heavy (non-hydrogen) atoms. The second-order valence-corrected chi connectivity index (χ2v) is 6.68. The maximum atomic E-state index is 2.52. The molecule has 0 aromatic heterocycles. The van der Waals surface area contributed by atoms with E-state index in [0.717, 1.165) is 30.0 Å². The fourth-order valence-electron chi connectivity index (χ4n) is 4.11. The SMILES string of the molecule is CC(C)C1CC2CCC(C1)[N+]2(C)C(C)C. The lowest BCUT2D eigenvalue weighted by Crippen LogP contribution is -2.61. The molecule has 2 unspecified atom stereocenters. The Morgan fingerprint density at radius 3 is 1.73 bits per heavy atom. The summed E-state index contributed by atoms with van der Waals surface area (Å²) in [5.41, 5.74) is 0. The number of hydrogen-bond acceptors (Lipinski definition) is 0. The van der Waals surface area contributed by atoms with Crippen molar-refractivity contribution in [2.45, 2.75) is 71.5 Å². The first-order valence-electron chi connectivity index (χ1n) is 6.81. The van der Waals surface area contributed by atoms with Crippen molar-refractivity contribution in [3.8, 4) is 0 Å². The largest absolute Gasteiger partial charge is 0.319 e. The van der Waals surface area contributed by atoms with Crippen LogP contribution in [0.4, 0.5) is 0 Å². The first-order valence-corrected chi connectivity index (χ1v) is 6.81. The van der Waals surface area contributed by atoms with E-state index in [1.165, 1.54) is 30.2 Å². The lowest BCUT2D eigenvalue weighted by Gasteiger charge is -2.50. The van der Waals surface area contributed by atoms with Gasteiger partial charge < -0.3 is 4.48 Å². The van der Waals surface area contributed by atoms with Crippen molar-refractivity contribution in [3.63, 3.8) is 0 Å². The van der Waals surface area contributed by atoms with E-state index in [0.29, 0.717) is 0 Å². The maximum absolute atomic E-state index is 2.52. The van der Waals surface area contributed by atoms with Crippen molar-refractivity contribution < 1.29 is 4.48 Å². The minimum absolute atomic E-state index is 0.815. The first-order chi connectivity index (χ1) is 6.96. The van der Waals surface area contributed by atoms with Gasteiger partial charge in [0.1, 0.15) is 0 Å². The van der Waals surface area contributed by atoms with Crippen LogP contribution in [0.3, 0.4) is 0 Å². The average molecular weight is 210 g/mol. The summed E-state index contributed by atoms with van der Waals surface area (Å²) in [7, 11) is 2.52. The van der Waals surface area contributed by atoms with Gasteiger partial charge in [-0.05, 0) is 25.7 Å². The molecule has 0 N–H and O–H groups in total. The molecule has 2 aliphatic rings. The van der Waals surface area contributed by atoms with Gasteiger partial charge in [-0.2, -0.15) is 0 Å². The highest BCUT2D eigenvalue weighted by Gasteiger charge is 2.52. The molecule has 2 rings (SSSR count). The number of quaternary nitrogens is 1. The third kappa shape index (κ3) is 1.63. The van der Waals surface area contributed by atoms with E-state index in [-0.39, 0.29) is 0 Å². The minimum Gasteiger partial charge on any atom is -0.319 e. The number of fused-ring (bicyclic) bond motifs is 2. The van der Waals surface area contributed by atoms with Gasteiger partial charge in [-0.15, -0.1) is 0 Å². The summed E-state index contributed by atoms with van der Waals surface area (Å²) < 4.78 is 1.38. The van der Waals surface area contributed by atoms with Crippen LogP contribution in [0.5, 0.6) is 0 Å². The van der Waals surface area contributed by atoms with Gasteiger partial charge >= 0.3 is 0 Å². The molecule has 1 heteroatoms. The van der Waals surface area contributed by atoms with Crippen LogP contribution < -0.4 is 0 Å². The number of rotatable bonds is 2. The van der Waals surface area contributed by atoms with E-state index in [9.17, 15) is 0 Å². The smallest absolute Gasteiger partial charge is 0.0897 e. The van der Waals surface area contributed by atoms with Gasteiger partial charge in [0.05, 0.1) is 25.2 Å². The zero-order chi connectivity index (χ0) is 11.2. The summed E-state index contributed by atoms with van der Waals surface area (Å²) in [6.45, 7) is 9.66. The van der Waals surface area contributed by atoms with E-state index in [2.05, 4.69) is 34.7 Å². The van der Waals surface area contributed by atoms with Crippen molar-refractivity contribution >= 4 is 0 Å². The Morgan fingerprint density at radius 2 is 1.40 bits per heavy atom. The lowest BCUT2D eigenvalue weighted by molar-refractivity contribution is -0.968. The van der Waals surface area contributed by atoms with Gasteiger partial charge in [0.15, 0.2) is 0 Å². The van der Waals surface area contributed by atoms with Crippen molar-refractivity contribution in [2.75, 3.05) is 7.05 Å². The van der Waals surface area contributed by atoms with Crippen molar-refractivity contribution in [1.29, 1.82) is 0 Å². The summed E-state index contributed by atoms with van der Waals surface area (Å²) in [5.74, 6) is 1.90. The second-order valence-electron chi connectivity index (χ2n) is 6.68. The van der Waals surface area contributed by atoms with E-state index in [1.807, 2.05) is 0 Å². The topological polar surface area (TPSA) is 0 Å².